The first-order valence-corrected chi connectivity index (χ1v) is 4.86. The third-order valence-corrected chi connectivity index (χ3v) is 2.26. The van der Waals surface area contributed by atoms with Crippen molar-refractivity contribution in [1.82, 2.24) is 19.8 Å². The molecule has 1 aromatic carbocycles. The van der Waals surface area contributed by atoms with Crippen LogP contribution in [0, 0.1) is 0 Å². The van der Waals surface area contributed by atoms with E-state index >= 15 is 0 Å². The summed E-state index contributed by atoms with van der Waals surface area (Å²) in [6.45, 7) is 0. The van der Waals surface area contributed by atoms with E-state index in [2.05, 4.69) is 14.7 Å². The van der Waals surface area contributed by atoms with Gasteiger partial charge in [0.15, 0.2) is 0 Å². The van der Waals surface area contributed by atoms with Crippen molar-refractivity contribution < 1.29 is 9.08 Å². The van der Waals surface area contributed by atoms with Gasteiger partial charge in [-0.05, 0) is 28.6 Å². The molecule has 0 radical (unpaired) electrons. The second kappa shape index (κ2) is 4.38. The molecule has 0 unspecified atom stereocenters. The molecule has 7 nitrogen and oxygen atoms in total. The van der Waals surface area contributed by atoms with E-state index in [4.69, 9.17) is 11.9 Å². The molecule has 1 aromatic heterocycles. The van der Waals surface area contributed by atoms with Crippen LogP contribution in [0.4, 0.5) is 0 Å². The van der Waals surface area contributed by atoms with Gasteiger partial charge in [-0.15, -0.1) is 0 Å². The van der Waals surface area contributed by atoms with Gasteiger partial charge in [-0.2, -0.15) is 9.36 Å². The lowest BCUT2D eigenvalue weighted by Crippen LogP contribution is -2.22. The Hall–Kier alpha value is -2.15. The van der Waals surface area contributed by atoms with E-state index in [1.165, 1.54) is 19.2 Å². The predicted octanol–water partition coefficient (Wildman–Crippen LogP) is 0.277. The van der Waals surface area contributed by atoms with Crippen molar-refractivity contribution >= 4 is 17.8 Å². The van der Waals surface area contributed by atoms with Crippen LogP contribution in [0.5, 0.6) is 0 Å². The highest BCUT2D eigenvalue weighted by molar-refractivity contribution is 6.15. The van der Waals surface area contributed by atoms with Gasteiger partial charge in [-0.1, -0.05) is 6.07 Å². The average Bonchev–Trinajstić information content (AvgIpc) is 2.69. The van der Waals surface area contributed by atoms with Crippen LogP contribution in [0.15, 0.2) is 29.1 Å². The zero-order valence-electron chi connectivity index (χ0n) is 8.70. The first kappa shape index (κ1) is 11.3. The summed E-state index contributed by atoms with van der Waals surface area (Å²) in [5.74, 6) is -0.703. The van der Waals surface area contributed by atoms with Gasteiger partial charge in [-0.25, -0.2) is 9.59 Å². The smallest absolute Gasteiger partial charge is 0.343 e. The van der Waals surface area contributed by atoms with Crippen molar-refractivity contribution in [2.45, 2.75) is 0 Å². The molecule has 2 aromatic rings. The van der Waals surface area contributed by atoms with Crippen LogP contribution in [-0.4, -0.2) is 25.8 Å². The van der Waals surface area contributed by atoms with E-state index in [0.717, 1.165) is 9.36 Å². The van der Waals surface area contributed by atoms with E-state index in [1.54, 1.807) is 12.1 Å². The van der Waals surface area contributed by atoms with Crippen LogP contribution in [0.25, 0.3) is 5.69 Å². The van der Waals surface area contributed by atoms with Crippen LogP contribution >= 0.6 is 11.9 Å². The highest BCUT2D eigenvalue weighted by Gasteiger charge is 2.10. The van der Waals surface area contributed by atoms with E-state index in [-0.39, 0.29) is 5.56 Å². The standard InChI is InChI=1S/C9H7ClN4O3/c1-13-9(16)14(12-11-13)7-4-2-3-6(5-7)8(15)17-10/h2-5H,1H3. The van der Waals surface area contributed by atoms with Gasteiger partial charge in [0, 0.05) is 7.05 Å². The van der Waals surface area contributed by atoms with Crippen molar-refractivity contribution in [2.75, 3.05) is 0 Å². The summed E-state index contributed by atoms with van der Waals surface area (Å²) in [6, 6.07) is 6.14. The molecule has 0 aliphatic rings. The zero-order valence-corrected chi connectivity index (χ0v) is 9.46. The summed E-state index contributed by atoms with van der Waals surface area (Å²) in [4.78, 5) is 22.8. The highest BCUT2D eigenvalue weighted by atomic mass is 35.5. The Morgan fingerprint density at radius 3 is 2.76 bits per heavy atom. The number of carbonyl (C=O) groups is 1. The van der Waals surface area contributed by atoms with Gasteiger partial charge < -0.3 is 4.29 Å². The van der Waals surface area contributed by atoms with Crippen LogP contribution in [0.3, 0.4) is 0 Å². The van der Waals surface area contributed by atoms with Crippen molar-refractivity contribution in [1.29, 1.82) is 0 Å². The Morgan fingerprint density at radius 1 is 1.41 bits per heavy atom. The Kier molecular flexibility index (Phi) is 2.92. The number of rotatable bonds is 2. The van der Waals surface area contributed by atoms with Gasteiger partial charge in [0.1, 0.15) is 11.9 Å². The van der Waals surface area contributed by atoms with E-state index in [0.29, 0.717) is 5.69 Å². The van der Waals surface area contributed by atoms with Crippen LogP contribution in [0.2, 0.25) is 0 Å². The lowest BCUT2D eigenvalue weighted by molar-refractivity contribution is 0.0751. The van der Waals surface area contributed by atoms with Gasteiger partial charge in [0.05, 0.1) is 11.3 Å². The maximum Gasteiger partial charge on any atom is 0.368 e. The fourth-order valence-corrected chi connectivity index (χ4v) is 1.37. The number of tetrazole rings is 1. The molecule has 0 atom stereocenters. The van der Waals surface area contributed by atoms with Gasteiger partial charge in [0.2, 0.25) is 0 Å². The molecule has 17 heavy (non-hydrogen) atoms. The highest BCUT2D eigenvalue weighted by Crippen LogP contribution is 2.09. The number of hydrogen-bond acceptors (Lipinski definition) is 5. The minimum atomic E-state index is -0.703. The van der Waals surface area contributed by atoms with Gasteiger partial charge >= 0.3 is 11.7 Å². The summed E-state index contributed by atoms with van der Waals surface area (Å²) in [6.07, 6.45) is 0. The molecular weight excluding hydrogens is 248 g/mol. The fraction of sp³-hybridized carbons (Fsp3) is 0.111. The van der Waals surface area contributed by atoms with Crippen molar-refractivity contribution in [3.63, 3.8) is 0 Å². The maximum absolute atomic E-state index is 11.6. The van der Waals surface area contributed by atoms with Crippen LogP contribution < -0.4 is 5.69 Å². The summed E-state index contributed by atoms with van der Waals surface area (Å²) in [5.41, 5.74) is 0.208. The first-order valence-electron chi connectivity index (χ1n) is 4.56. The molecule has 1 heterocycles. The summed E-state index contributed by atoms with van der Waals surface area (Å²) < 4.78 is 6.20. The number of hydrogen-bond donors (Lipinski definition) is 0. The Balaban J connectivity index is 2.50. The second-order valence-corrected chi connectivity index (χ2v) is 3.37. The number of aryl methyl sites for hydroxylation is 1. The second-order valence-electron chi connectivity index (χ2n) is 3.21. The minimum absolute atomic E-state index is 0.218. The lowest BCUT2D eigenvalue weighted by Gasteiger charge is -2.00. The molecule has 0 fully saturated rings. The largest absolute Gasteiger partial charge is 0.368 e. The first-order chi connectivity index (χ1) is 8.13. The predicted molar refractivity (Wildman–Crippen MR) is 57.9 cm³/mol. The third-order valence-electron chi connectivity index (χ3n) is 2.12. The molecule has 88 valence electrons. The number of aromatic nitrogens is 4. The molecular formula is C9H7ClN4O3. The van der Waals surface area contributed by atoms with Crippen molar-refractivity contribution in [2.24, 2.45) is 7.05 Å². The molecule has 2 rings (SSSR count). The molecule has 0 bridgehead atoms. The number of nitrogens with zero attached hydrogens (tertiary/aromatic N) is 4. The molecule has 0 saturated heterocycles. The SMILES string of the molecule is Cn1nnn(-c2cccc(C(=O)OCl)c2)c1=O. The summed E-state index contributed by atoms with van der Waals surface area (Å²) in [5, 5.41) is 7.21. The molecule has 0 aliphatic heterocycles. The fourth-order valence-electron chi connectivity index (χ4n) is 1.28. The number of carbonyl (C=O) groups excluding carboxylic acids is 1. The molecule has 0 N–H and O–H groups in total. The zero-order chi connectivity index (χ0) is 12.4. The lowest BCUT2D eigenvalue weighted by atomic mass is 10.2. The topological polar surface area (TPSA) is 79.0 Å². The Labute approximate surface area is 100 Å². The van der Waals surface area contributed by atoms with Gasteiger partial charge in [-0.3, -0.25) is 0 Å². The van der Waals surface area contributed by atoms with Gasteiger partial charge in [0.25, 0.3) is 0 Å². The van der Waals surface area contributed by atoms with Crippen molar-refractivity contribution in [3.05, 3.63) is 40.3 Å². The number of benzene rings is 1. The Morgan fingerprint density at radius 2 is 2.18 bits per heavy atom. The van der Waals surface area contributed by atoms with E-state index < -0.39 is 11.7 Å². The minimum Gasteiger partial charge on any atom is -0.343 e. The van der Waals surface area contributed by atoms with E-state index in [9.17, 15) is 9.59 Å². The van der Waals surface area contributed by atoms with Crippen LogP contribution in [-0.2, 0) is 11.3 Å². The monoisotopic (exact) mass is 254 g/mol. The van der Waals surface area contributed by atoms with Crippen molar-refractivity contribution in [3.8, 4) is 5.69 Å². The molecule has 0 aliphatic carbocycles. The molecule has 8 heteroatoms. The Bertz CT molecular complexity index is 619. The number of halogens is 1. The molecule has 0 saturated carbocycles. The summed E-state index contributed by atoms with van der Waals surface area (Å²) in [7, 11) is 1.47. The summed E-state index contributed by atoms with van der Waals surface area (Å²) >= 11 is 4.97. The quantitative estimate of drug-likeness (QED) is 0.769. The van der Waals surface area contributed by atoms with Crippen LogP contribution in [0.1, 0.15) is 10.4 Å². The molecule has 0 spiro atoms. The average molecular weight is 255 g/mol. The normalized spacial score (nSPS) is 10.2. The maximum atomic E-state index is 11.6. The third kappa shape index (κ3) is 2.04. The molecule has 0 amide bonds. The van der Waals surface area contributed by atoms with E-state index in [1.807, 2.05) is 0 Å².